The third-order valence-electron chi connectivity index (χ3n) is 1.87. The SMILES string of the molecule is CC(O)/C=C/C1CC(C)C=CO1. The Hall–Kier alpha value is -0.760. The molecule has 0 radical (unpaired) electrons. The molecule has 2 nitrogen and oxygen atoms in total. The largest absolute Gasteiger partial charge is 0.494 e. The average molecular weight is 168 g/mol. The molecule has 1 N–H and O–H groups in total. The zero-order valence-electron chi connectivity index (χ0n) is 7.60. The Bertz CT molecular complexity index is 182. The van der Waals surface area contributed by atoms with Crippen LogP contribution < -0.4 is 0 Å². The molecule has 1 heterocycles. The molecule has 0 fully saturated rings. The van der Waals surface area contributed by atoms with Gasteiger partial charge in [-0.05, 0) is 31.4 Å². The number of ether oxygens (including phenoxy) is 1. The molecule has 0 saturated heterocycles. The van der Waals surface area contributed by atoms with Crippen molar-refractivity contribution in [2.24, 2.45) is 5.92 Å². The summed E-state index contributed by atoms with van der Waals surface area (Å²) in [5, 5.41) is 8.99. The van der Waals surface area contributed by atoms with Crippen molar-refractivity contribution in [1.82, 2.24) is 0 Å². The van der Waals surface area contributed by atoms with Gasteiger partial charge in [-0.25, -0.2) is 0 Å². The van der Waals surface area contributed by atoms with Gasteiger partial charge < -0.3 is 9.84 Å². The standard InChI is InChI=1S/C10H16O2/c1-8-5-6-12-10(7-8)4-3-9(2)11/h3-6,8-11H,7H2,1-2H3/b4-3+. The Morgan fingerprint density at radius 2 is 2.42 bits per heavy atom. The minimum Gasteiger partial charge on any atom is -0.494 e. The maximum atomic E-state index is 8.99. The lowest BCUT2D eigenvalue weighted by Crippen LogP contribution is -2.15. The summed E-state index contributed by atoms with van der Waals surface area (Å²) < 4.78 is 5.32. The molecule has 1 aliphatic rings. The van der Waals surface area contributed by atoms with Crippen LogP contribution in [0.15, 0.2) is 24.5 Å². The number of aliphatic hydroxyl groups is 1. The Morgan fingerprint density at radius 1 is 1.67 bits per heavy atom. The number of hydrogen-bond donors (Lipinski definition) is 1. The van der Waals surface area contributed by atoms with Gasteiger partial charge in [-0.1, -0.05) is 13.0 Å². The molecular weight excluding hydrogens is 152 g/mol. The first kappa shape index (κ1) is 9.33. The van der Waals surface area contributed by atoms with E-state index in [9.17, 15) is 0 Å². The van der Waals surface area contributed by atoms with E-state index in [2.05, 4.69) is 6.92 Å². The van der Waals surface area contributed by atoms with E-state index in [4.69, 9.17) is 9.84 Å². The van der Waals surface area contributed by atoms with Crippen molar-refractivity contribution in [2.75, 3.05) is 0 Å². The average Bonchev–Trinajstić information content (AvgIpc) is 2.01. The molecule has 0 spiro atoms. The molecule has 0 aliphatic carbocycles. The van der Waals surface area contributed by atoms with Crippen LogP contribution in [0, 0.1) is 5.92 Å². The normalized spacial score (nSPS) is 31.9. The summed E-state index contributed by atoms with van der Waals surface area (Å²) in [5.74, 6) is 0.572. The fraction of sp³-hybridized carbons (Fsp3) is 0.600. The van der Waals surface area contributed by atoms with Gasteiger partial charge in [0, 0.05) is 0 Å². The third kappa shape index (κ3) is 3.09. The number of allylic oxidation sites excluding steroid dienone is 1. The van der Waals surface area contributed by atoms with Gasteiger partial charge in [-0.15, -0.1) is 0 Å². The number of hydrogen-bond acceptors (Lipinski definition) is 2. The Kier molecular flexibility index (Phi) is 3.35. The molecule has 0 aromatic heterocycles. The van der Waals surface area contributed by atoms with Crippen LogP contribution in [0.4, 0.5) is 0 Å². The molecular formula is C10H16O2. The lowest BCUT2D eigenvalue weighted by Gasteiger charge is -2.20. The Morgan fingerprint density at radius 3 is 3.00 bits per heavy atom. The van der Waals surface area contributed by atoms with Gasteiger partial charge in [0.05, 0.1) is 12.4 Å². The molecule has 1 aliphatic heterocycles. The second kappa shape index (κ2) is 4.31. The molecule has 1 rings (SSSR count). The van der Waals surface area contributed by atoms with Crippen molar-refractivity contribution in [3.63, 3.8) is 0 Å². The van der Waals surface area contributed by atoms with Crippen LogP contribution in [0.2, 0.25) is 0 Å². The van der Waals surface area contributed by atoms with Gasteiger partial charge in [-0.3, -0.25) is 0 Å². The Labute approximate surface area is 73.5 Å². The molecule has 0 saturated carbocycles. The first-order valence-electron chi connectivity index (χ1n) is 4.37. The van der Waals surface area contributed by atoms with Gasteiger partial charge in [0.1, 0.15) is 6.10 Å². The molecule has 12 heavy (non-hydrogen) atoms. The number of aliphatic hydroxyl groups excluding tert-OH is 1. The highest BCUT2D eigenvalue weighted by atomic mass is 16.5. The monoisotopic (exact) mass is 168 g/mol. The summed E-state index contributed by atoms with van der Waals surface area (Å²) in [5.41, 5.74) is 0. The molecule has 0 bridgehead atoms. The van der Waals surface area contributed by atoms with E-state index in [1.54, 1.807) is 19.3 Å². The first-order chi connectivity index (χ1) is 5.68. The van der Waals surface area contributed by atoms with Crippen molar-refractivity contribution in [2.45, 2.75) is 32.5 Å². The van der Waals surface area contributed by atoms with Gasteiger partial charge in [0.2, 0.25) is 0 Å². The van der Waals surface area contributed by atoms with Gasteiger partial charge in [-0.2, -0.15) is 0 Å². The van der Waals surface area contributed by atoms with Crippen molar-refractivity contribution < 1.29 is 9.84 Å². The molecule has 0 amide bonds. The fourth-order valence-corrected chi connectivity index (χ4v) is 1.19. The van der Waals surface area contributed by atoms with Crippen LogP contribution in [0.1, 0.15) is 20.3 Å². The lowest BCUT2D eigenvalue weighted by molar-refractivity contribution is 0.146. The summed E-state index contributed by atoms with van der Waals surface area (Å²) in [6, 6.07) is 0. The molecule has 3 unspecified atom stereocenters. The molecule has 0 aromatic rings. The second-order valence-corrected chi connectivity index (χ2v) is 3.34. The van der Waals surface area contributed by atoms with E-state index in [-0.39, 0.29) is 12.2 Å². The maximum Gasteiger partial charge on any atom is 0.117 e. The fourth-order valence-electron chi connectivity index (χ4n) is 1.19. The van der Waals surface area contributed by atoms with Crippen molar-refractivity contribution in [1.29, 1.82) is 0 Å². The summed E-state index contributed by atoms with van der Waals surface area (Å²) in [7, 11) is 0. The van der Waals surface area contributed by atoms with E-state index in [0.717, 1.165) is 6.42 Å². The number of rotatable bonds is 2. The van der Waals surface area contributed by atoms with Crippen LogP contribution in [-0.2, 0) is 4.74 Å². The van der Waals surface area contributed by atoms with E-state index in [1.165, 1.54) is 0 Å². The van der Waals surface area contributed by atoms with Crippen molar-refractivity contribution in [3.05, 3.63) is 24.5 Å². The lowest BCUT2D eigenvalue weighted by atomic mass is 10.0. The maximum absolute atomic E-state index is 8.99. The molecule has 3 atom stereocenters. The third-order valence-corrected chi connectivity index (χ3v) is 1.87. The Balaban J connectivity index is 2.39. The summed E-state index contributed by atoms with van der Waals surface area (Å²) in [6.45, 7) is 3.89. The predicted molar refractivity (Wildman–Crippen MR) is 48.6 cm³/mol. The zero-order valence-corrected chi connectivity index (χ0v) is 7.60. The van der Waals surface area contributed by atoms with E-state index >= 15 is 0 Å². The van der Waals surface area contributed by atoms with Crippen molar-refractivity contribution in [3.8, 4) is 0 Å². The van der Waals surface area contributed by atoms with Crippen LogP contribution in [-0.4, -0.2) is 17.3 Å². The van der Waals surface area contributed by atoms with Crippen LogP contribution in [0.5, 0.6) is 0 Å². The first-order valence-corrected chi connectivity index (χ1v) is 4.37. The highest BCUT2D eigenvalue weighted by molar-refractivity contribution is 4.99. The van der Waals surface area contributed by atoms with Crippen molar-refractivity contribution >= 4 is 0 Å². The smallest absolute Gasteiger partial charge is 0.117 e. The van der Waals surface area contributed by atoms with E-state index in [0.29, 0.717) is 5.92 Å². The van der Waals surface area contributed by atoms with Gasteiger partial charge in [0.25, 0.3) is 0 Å². The van der Waals surface area contributed by atoms with Crippen LogP contribution in [0.3, 0.4) is 0 Å². The summed E-state index contributed by atoms with van der Waals surface area (Å²) in [4.78, 5) is 0. The minimum absolute atomic E-state index is 0.139. The van der Waals surface area contributed by atoms with Gasteiger partial charge in [0.15, 0.2) is 0 Å². The second-order valence-electron chi connectivity index (χ2n) is 3.34. The van der Waals surface area contributed by atoms with Crippen LogP contribution >= 0.6 is 0 Å². The van der Waals surface area contributed by atoms with Gasteiger partial charge >= 0.3 is 0 Å². The zero-order chi connectivity index (χ0) is 8.97. The quantitative estimate of drug-likeness (QED) is 0.638. The topological polar surface area (TPSA) is 29.5 Å². The molecule has 0 aromatic carbocycles. The van der Waals surface area contributed by atoms with E-state index in [1.807, 2.05) is 12.2 Å². The summed E-state index contributed by atoms with van der Waals surface area (Å²) in [6.07, 6.45) is 8.23. The minimum atomic E-state index is -0.380. The predicted octanol–water partition coefficient (Wildman–Crippen LogP) is 1.86. The summed E-state index contributed by atoms with van der Waals surface area (Å²) >= 11 is 0. The highest BCUT2D eigenvalue weighted by Crippen LogP contribution is 2.17. The molecule has 68 valence electrons. The van der Waals surface area contributed by atoms with Crippen LogP contribution in [0.25, 0.3) is 0 Å². The van der Waals surface area contributed by atoms with E-state index < -0.39 is 0 Å². The highest BCUT2D eigenvalue weighted by Gasteiger charge is 2.12. The molecule has 2 heteroatoms.